The number of methoxy groups -OCH3 is 1. The average molecular weight is 319 g/mol. The minimum absolute atomic E-state index is 0.0638. The van der Waals surface area contributed by atoms with Gasteiger partial charge in [-0.15, -0.1) is 0 Å². The lowest BCUT2D eigenvalue weighted by Crippen LogP contribution is -2.35. The quantitative estimate of drug-likeness (QED) is 0.527. The molecule has 8 nitrogen and oxygen atoms in total. The van der Waals surface area contributed by atoms with Crippen molar-refractivity contribution in [3.05, 3.63) is 11.3 Å². The van der Waals surface area contributed by atoms with Crippen molar-refractivity contribution < 1.29 is 13.2 Å². The Bertz CT molecular complexity index is 529. The van der Waals surface area contributed by atoms with Crippen molar-refractivity contribution in [1.82, 2.24) is 25.1 Å². The van der Waals surface area contributed by atoms with E-state index in [1.54, 1.807) is 21.1 Å². The molecule has 0 aliphatic carbocycles. The first-order chi connectivity index (χ1) is 9.92. The average Bonchev–Trinajstić information content (AvgIpc) is 2.79. The molecule has 21 heavy (non-hydrogen) atoms. The normalized spacial score (nSPS) is 12.2. The van der Waals surface area contributed by atoms with Crippen LogP contribution in [0.1, 0.15) is 11.3 Å². The molecule has 3 N–H and O–H groups in total. The smallest absolute Gasteiger partial charge is 0.260 e. The summed E-state index contributed by atoms with van der Waals surface area (Å²) in [5.74, 6) is 0. The van der Waals surface area contributed by atoms with Gasteiger partial charge in [0.1, 0.15) is 0 Å². The molecule has 0 spiro atoms. The second kappa shape index (κ2) is 8.44. The van der Waals surface area contributed by atoms with E-state index < -0.39 is 10.0 Å². The number of aromatic nitrogens is 2. The molecule has 1 aromatic rings. The second-order valence-electron chi connectivity index (χ2n) is 4.86. The van der Waals surface area contributed by atoms with E-state index in [2.05, 4.69) is 20.2 Å². The summed E-state index contributed by atoms with van der Waals surface area (Å²) >= 11 is 0. The predicted octanol–water partition coefficient (Wildman–Crippen LogP) is -0.706. The third kappa shape index (κ3) is 5.36. The molecule has 1 rings (SSSR count). The van der Waals surface area contributed by atoms with Crippen LogP contribution in [0.2, 0.25) is 0 Å². The summed E-state index contributed by atoms with van der Waals surface area (Å²) in [5, 5.41) is 9.63. The van der Waals surface area contributed by atoms with Crippen LogP contribution in [0.4, 0.5) is 0 Å². The molecule has 0 amide bonds. The van der Waals surface area contributed by atoms with Crippen molar-refractivity contribution in [2.24, 2.45) is 0 Å². The van der Waals surface area contributed by atoms with Crippen LogP contribution in [0.5, 0.6) is 0 Å². The van der Waals surface area contributed by atoms with Crippen LogP contribution in [-0.4, -0.2) is 71.0 Å². The number of aromatic amines is 1. The van der Waals surface area contributed by atoms with Gasteiger partial charge in [0.15, 0.2) is 5.03 Å². The van der Waals surface area contributed by atoms with Crippen LogP contribution in [0.3, 0.4) is 0 Å². The largest absolute Gasteiger partial charge is 0.383 e. The van der Waals surface area contributed by atoms with Gasteiger partial charge in [-0.1, -0.05) is 0 Å². The van der Waals surface area contributed by atoms with Gasteiger partial charge in [-0.25, -0.2) is 13.1 Å². The fourth-order valence-corrected chi connectivity index (χ4v) is 3.05. The molecule has 0 aliphatic heterocycles. The topological polar surface area (TPSA) is 99.3 Å². The van der Waals surface area contributed by atoms with Gasteiger partial charge >= 0.3 is 0 Å². The van der Waals surface area contributed by atoms with E-state index in [4.69, 9.17) is 4.74 Å². The number of nitrogens with one attached hydrogen (secondary N) is 3. The molecular weight excluding hydrogens is 294 g/mol. The third-order valence-electron chi connectivity index (χ3n) is 3.11. The molecule has 0 saturated carbocycles. The highest BCUT2D eigenvalue weighted by Gasteiger charge is 2.22. The summed E-state index contributed by atoms with van der Waals surface area (Å²) in [6.45, 7) is 4.56. The van der Waals surface area contributed by atoms with E-state index >= 15 is 0 Å². The number of H-pyrrole nitrogens is 1. The second-order valence-corrected chi connectivity index (χ2v) is 6.54. The minimum Gasteiger partial charge on any atom is -0.383 e. The SMILES string of the molecule is CNCc1c(S(=O)(=O)NCCN(C)CCOC)n[nH]c1C. The fourth-order valence-electron chi connectivity index (χ4n) is 1.84. The van der Waals surface area contributed by atoms with Crippen molar-refractivity contribution in [1.29, 1.82) is 0 Å². The Labute approximate surface area is 126 Å². The van der Waals surface area contributed by atoms with Crippen LogP contribution in [0.25, 0.3) is 0 Å². The Balaban J connectivity index is 2.62. The monoisotopic (exact) mass is 319 g/mol. The molecule has 1 aromatic heterocycles. The van der Waals surface area contributed by atoms with E-state index in [0.717, 1.165) is 12.2 Å². The highest BCUT2D eigenvalue weighted by atomic mass is 32.2. The standard InChI is InChI=1S/C12H25N5O3S/c1-10-11(9-13-2)12(16-15-10)21(18,19)14-5-6-17(3)7-8-20-4/h13-14H,5-9H2,1-4H3,(H,15,16). The molecule has 122 valence electrons. The minimum atomic E-state index is -3.60. The van der Waals surface area contributed by atoms with Crippen molar-refractivity contribution in [3.63, 3.8) is 0 Å². The number of hydrogen-bond acceptors (Lipinski definition) is 6. The summed E-state index contributed by atoms with van der Waals surface area (Å²) in [7, 11) is 1.72. The van der Waals surface area contributed by atoms with E-state index in [0.29, 0.717) is 31.8 Å². The Morgan fingerprint density at radius 2 is 2.10 bits per heavy atom. The number of aryl methyl sites for hydroxylation is 1. The molecule has 0 atom stereocenters. The zero-order valence-corrected chi connectivity index (χ0v) is 13.9. The highest BCUT2D eigenvalue weighted by Crippen LogP contribution is 2.15. The third-order valence-corrected chi connectivity index (χ3v) is 4.54. The van der Waals surface area contributed by atoms with Crippen molar-refractivity contribution in [3.8, 4) is 0 Å². The van der Waals surface area contributed by atoms with Crippen molar-refractivity contribution >= 4 is 10.0 Å². The summed E-state index contributed by atoms with van der Waals surface area (Å²) in [5.41, 5.74) is 1.42. The first-order valence-electron chi connectivity index (χ1n) is 6.78. The number of likely N-dealkylation sites (N-methyl/N-ethyl adjacent to an activating group) is 1. The Hall–Kier alpha value is -1.00. The highest BCUT2D eigenvalue weighted by molar-refractivity contribution is 7.89. The molecule has 1 heterocycles. The zero-order valence-electron chi connectivity index (χ0n) is 13.1. The van der Waals surface area contributed by atoms with Gasteiger partial charge in [0.05, 0.1) is 6.61 Å². The lowest BCUT2D eigenvalue weighted by atomic mass is 10.3. The molecule has 0 radical (unpaired) electrons. The molecule has 0 aromatic carbocycles. The number of rotatable bonds is 10. The number of sulfonamides is 1. The molecule has 9 heteroatoms. The van der Waals surface area contributed by atoms with E-state index in [9.17, 15) is 8.42 Å². The summed E-state index contributed by atoms with van der Waals surface area (Å²) in [4.78, 5) is 2.00. The van der Waals surface area contributed by atoms with Crippen LogP contribution in [0.15, 0.2) is 5.03 Å². The van der Waals surface area contributed by atoms with Crippen LogP contribution < -0.4 is 10.0 Å². The summed E-state index contributed by atoms with van der Waals surface area (Å²) in [6, 6.07) is 0. The van der Waals surface area contributed by atoms with E-state index in [1.807, 2.05) is 11.9 Å². The molecule has 0 unspecified atom stereocenters. The van der Waals surface area contributed by atoms with Crippen LogP contribution in [-0.2, 0) is 21.3 Å². The molecule has 0 saturated heterocycles. The van der Waals surface area contributed by atoms with Gasteiger partial charge in [0.25, 0.3) is 10.0 Å². The number of ether oxygens (including phenoxy) is 1. The molecular formula is C12H25N5O3S. The van der Waals surface area contributed by atoms with Gasteiger partial charge in [-0.3, -0.25) is 5.10 Å². The van der Waals surface area contributed by atoms with Crippen molar-refractivity contribution in [2.45, 2.75) is 18.5 Å². The van der Waals surface area contributed by atoms with Crippen molar-refractivity contribution in [2.75, 3.05) is 47.4 Å². The van der Waals surface area contributed by atoms with Gasteiger partial charge in [-0.05, 0) is 21.0 Å². The van der Waals surface area contributed by atoms with Gasteiger partial charge < -0.3 is 15.0 Å². The zero-order chi connectivity index (χ0) is 15.9. The first kappa shape index (κ1) is 18.1. The molecule has 0 fully saturated rings. The lowest BCUT2D eigenvalue weighted by Gasteiger charge is -2.16. The van der Waals surface area contributed by atoms with Gasteiger partial charge in [0, 0.05) is 44.5 Å². The van der Waals surface area contributed by atoms with Crippen LogP contribution >= 0.6 is 0 Å². The first-order valence-corrected chi connectivity index (χ1v) is 8.26. The maximum absolute atomic E-state index is 12.3. The Morgan fingerprint density at radius 1 is 1.38 bits per heavy atom. The maximum atomic E-state index is 12.3. The molecule has 0 bridgehead atoms. The number of nitrogens with zero attached hydrogens (tertiary/aromatic N) is 2. The fraction of sp³-hybridized carbons (Fsp3) is 0.750. The van der Waals surface area contributed by atoms with Crippen LogP contribution in [0, 0.1) is 6.92 Å². The summed E-state index contributed by atoms with van der Waals surface area (Å²) < 4.78 is 32.1. The molecule has 0 aliphatic rings. The van der Waals surface area contributed by atoms with E-state index in [1.165, 1.54) is 0 Å². The number of hydrogen-bond donors (Lipinski definition) is 3. The predicted molar refractivity (Wildman–Crippen MR) is 80.6 cm³/mol. The van der Waals surface area contributed by atoms with E-state index in [-0.39, 0.29) is 5.03 Å². The summed E-state index contributed by atoms with van der Waals surface area (Å²) in [6.07, 6.45) is 0. The van der Waals surface area contributed by atoms with Gasteiger partial charge in [0.2, 0.25) is 0 Å². The Kier molecular flexibility index (Phi) is 7.26. The lowest BCUT2D eigenvalue weighted by molar-refractivity contribution is 0.162. The Morgan fingerprint density at radius 3 is 2.71 bits per heavy atom. The maximum Gasteiger partial charge on any atom is 0.260 e. The van der Waals surface area contributed by atoms with Gasteiger partial charge in [-0.2, -0.15) is 5.10 Å².